The molecule has 6 nitrogen and oxygen atoms in total. The molecule has 2 aromatic heterocycles. The van der Waals surface area contributed by atoms with E-state index in [4.69, 9.17) is 4.74 Å². The number of aryl methyl sites for hydroxylation is 1. The highest BCUT2D eigenvalue weighted by molar-refractivity contribution is 5.29. The van der Waals surface area contributed by atoms with Gasteiger partial charge in [0.15, 0.2) is 0 Å². The van der Waals surface area contributed by atoms with E-state index >= 15 is 0 Å². The van der Waals surface area contributed by atoms with Gasteiger partial charge >= 0.3 is 0 Å². The minimum atomic E-state index is 0.137. The van der Waals surface area contributed by atoms with Crippen LogP contribution in [0, 0.1) is 12.3 Å². The molecule has 26 heavy (non-hydrogen) atoms. The zero-order valence-electron chi connectivity index (χ0n) is 15.5. The van der Waals surface area contributed by atoms with Crippen LogP contribution in [0.25, 0.3) is 0 Å². The molecule has 2 aliphatic rings. The Kier molecular flexibility index (Phi) is 5.13. The normalized spacial score (nSPS) is 24.6. The fourth-order valence-corrected chi connectivity index (χ4v) is 4.23. The first-order valence-corrected chi connectivity index (χ1v) is 9.47. The molecule has 2 saturated heterocycles. The standard InChI is InChI=1S/C20H27N5O/c1-17-5-2-6-18(23-17)13-24-10-3-7-20(14-24)15-25(11-12-26-16-20)19-21-8-4-9-22-19/h2,4-6,8-9H,3,7,10-16H2,1H3/t20-/m1/s1. The Morgan fingerprint density at radius 1 is 1.12 bits per heavy atom. The fraction of sp³-hybridized carbons (Fsp3) is 0.550. The molecule has 1 spiro atoms. The lowest BCUT2D eigenvalue weighted by Gasteiger charge is -2.43. The SMILES string of the molecule is Cc1cccc(CN2CCC[C@@]3(COCCN(c4ncccn4)C3)C2)n1. The molecule has 2 aromatic rings. The van der Waals surface area contributed by atoms with Crippen LogP contribution in [-0.2, 0) is 11.3 Å². The number of rotatable bonds is 3. The number of hydrogen-bond acceptors (Lipinski definition) is 6. The van der Waals surface area contributed by atoms with E-state index < -0.39 is 0 Å². The lowest BCUT2D eigenvalue weighted by Crippen LogP contribution is -2.50. The third-order valence-corrected chi connectivity index (χ3v) is 5.35. The van der Waals surface area contributed by atoms with Crippen molar-refractivity contribution in [1.82, 2.24) is 19.9 Å². The number of likely N-dealkylation sites (tertiary alicyclic amines) is 1. The second kappa shape index (κ2) is 7.68. The Hall–Kier alpha value is -2.05. The Bertz CT molecular complexity index is 725. The molecule has 0 unspecified atom stereocenters. The van der Waals surface area contributed by atoms with E-state index in [0.29, 0.717) is 0 Å². The van der Waals surface area contributed by atoms with Crippen molar-refractivity contribution >= 4 is 5.95 Å². The first kappa shape index (κ1) is 17.4. The Balaban J connectivity index is 1.49. The molecule has 1 atom stereocenters. The first-order valence-electron chi connectivity index (χ1n) is 9.47. The molecule has 0 radical (unpaired) electrons. The molecule has 2 aliphatic heterocycles. The van der Waals surface area contributed by atoms with Crippen LogP contribution < -0.4 is 4.90 Å². The number of ether oxygens (including phenoxy) is 1. The van der Waals surface area contributed by atoms with Gasteiger partial charge in [-0.3, -0.25) is 9.88 Å². The van der Waals surface area contributed by atoms with Gasteiger partial charge in [-0.05, 0) is 44.5 Å². The van der Waals surface area contributed by atoms with Gasteiger partial charge in [-0.1, -0.05) is 6.07 Å². The summed E-state index contributed by atoms with van der Waals surface area (Å²) in [5.74, 6) is 0.815. The van der Waals surface area contributed by atoms with E-state index in [2.05, 4.69) is 49.9 Å². The van der Waals surface area contributed by atoms with E-state index in [9.17, 15) is 0 Å². The van der Waals surface area contributed by atoms with Crippen LogP contribution in [0.3, 0.4) is 0 Å². The van der Waals surface area contributed by atoms with Crippen molar-refractivity contribution < 1.29 is 4.74 Å². The third-order valence-electron chi connectivity index (χ3n) is 5.35. The van der Waals surface area contributed by atoms with Gasteiger partial charge in [-0.15, -0.1) is 0 Å². The predicted octanol–water partition coefficient (Wildman–Crippen LogP) is 2.30. The van der Waals surface area contributed by atoms with Crippen molar-refractivity contribution in [2.75, 3.05) is 44.3 Å². The summed E-state index contributed by atoms with van der Waals surface area (Å²) in [6, 6.07) is 8.14. The lowest BCUT2D eigenvalue weighted by molar-refractivity contribution is 0.0102. The van der Waals surface area contributed by atoms with Crippen LogP contribution in [-0.4, -0.2) is 59.2 Å². The van der Waals surface area contributed by atoms with E-state index in [-0.39, 0.29) is 5.41 Å². The van der Waals surface area contributed by atoms with E-state index in [0.717, 1.165) is 63.3 Å². The van der Waals surface area contributed by atoms with Crippen LogP contribution in [0.4, 0.5) is 5.95 Å². The monoisotopic (exact) mass is 353 g/mol. The smallest absolute Gasteiger partial charge is 0.225 e. The van der Waals surface area contributed by atoms with Gasteiger partial charge < -0.3 is 9.64 Å². The van der Waals surface area contributed by atoms with Crippen molar-refractivity contribution in [3.8, 4) is 0 Å². The van der Waals surface area contributed by atoms with Gasteiger partial charge in [0, 0.05) is 49.7 Å². The van der Waals surface area contributed by atoms with Crippen molar-refractivity contribution in [1.29, 1.82) is 0 Å². The Labute approximate surface area is 155 Å². The highest BCUT2D eigenvalue weighted by atomic mass is 16.5. The van der Waals surface area contributed by atoms with Crippen molar-refractivity contribution in [2.45, 2.75) is 26.3 Å². The number of pyridine rings is 1. The third kappa shape index (κ3) is 4.02. The molecular formula is C20H27N5O. The molecule has 4 rings (SSSR count). The summed E-state index contributed by atoms with van der Waals surface area (Å²) < 4.78 is 6.02. The van der Waals surface area contributed by atoms with Gasteiger partial charge in [0.2, 0.25) is 5.95 Å². The number of aromatic nitrogens is 3. The minimum absolute atomic E-state index is 0.137. The Morgan fingerprint density at radius 2 is 2.00 bits per heavy atom. The highest BCUT2D eigenvalue weighted by Crippen LogP contribution is 2.34. The maximum absolute atomic E-state index is 6.02. The van der Waals surface area contributed by atoms with Crippen LogP contribution in [0.15, 0.2) is 36.7 Å². The summed E-state index contributed by atoms with van der Waals surface area (Å²) >= 11 is 0. The van der Waals surface area contributed by atoms with Crippen molar-refractivity contribution in [3.05, 3.63) is 48.0 Å². The van der Waals surface area contributed by atoms with E-state index in [1.54, 1.807) is 0 Å². The lowest BCUT2D eigenvalue weighted by atomic mass is 9.80. The average molecular weight is 353 g/mol. The van der Waals surface area contributed by atoms with Gasteiger partial charge in [0.05, 0.1) is 18.9 Å². The minimum Gasteiger partial charge on any atom is -0.379 e. The molecule has 138 valence electrons. The van der Waals surface area contributed by atoms with Gasteiger partial charge in [0.1, 0.15) is 0 Å². The molecule has 2 fully saturated rings. The molecular weight excluding hydrogens is 326 g/mol. The second-order valence-electron chi connectivity index (χ2n) is 7.61. The molecule has 0 bridgehead atoms. The number of nitrogens with zero attached hydrogens (tertiary/aromatic N) is 5. The van der Waals surface area contributed by atoms with Gasteiger partial charge in [-0.25, -0.2) is 9.97 Å². The van der Waals surface area contributed by atoms with Crippen molar-refractivity contribution in [2.24, 2.45) is 5.41 Å². The van der Waals surface area contributed by atoms with Gasteiger partial charge in [-0.2, -0.15) is 0 Å². The summed E-state index contributed by atoms with van der Waals surface area (Å²) in [5, 5.41) is 0. The Morgan fingerprint density at radius 3 is 2.85 bits per heavy atom. The topological polar surface area (TPSA) is 54.4 Å². The van der Waals surface area contributed by atoms with Gasteiger partial charge in [0.25, 0.3) is 0 Å². The van der Waals surface area contributed by atoms with E-state index in [1.807, 2.05) is 18.5 Å². The van der Waals surface area contributed by atoms with Crippen LogP contribution in [0.2, 0.25) is 0 Å². The summed E-state index contributed by atoms with van der Waals surface area (Å²) in [6.07, 6.45) is 6.02. The molecule has 0 aliphatic carbocycles. The number of hydrogen-bond donors (Lipinski definition) is 0. The molecule has 0 amide bonds. The molecule has 0 N–H and O–H groups in total. The molecule has 4 heterocycles. The van der Waals surface area contributed by atoms with Crippen molar-refractivity contribution in [3.63, 3.8) is 0 Å². The molecule has 0 saturated carbocycles. The average Bonchev–Trinajstić information content (AvgIpc) is 2.85. The summed E-state index contributed by atoms with van der Waals surface area (Å²) in [4.78, 5) is 18.4. The maximum Gasteiger partial charge on any atom is 0.225 e. The summed E-state index contributed by atoms with van der Waals surface area (Å²) in [7, 11) is 0. The zero-order valence-corrected chi connectivity index (χ0v) is 15.5. The van der Waals surface area contributed by atoms with Crippen LogP contribution in [0.1, 0.15) is 24.2 Å². The predicted molar refractivity (Wildman–Crippen MR) is 101 cm³/mol. The van der Waals surface area contributed by atoms with Crippen LogP contribution >= 0.6 is 0 Å². The number of anilines is 1. The molecule has 6 heteroatoms. The highest BCUT2D eigenvalue weighted by Gasteiger charge is 2.39. The second-order valence-corrected chi connectivity index (χ2v) is 7.61. The largest absolute Gasteiger partial charge is 0.379 e. The number of piperidine rings is 1. The first-order chi connectivity index (χ1) is 12.7. The fourth-order valence-electron chi connectivity index (χ4n) is 4.23. The maximum atomic E-state index is 6.02. The summed E-state index contributed by atoms with van der Waals surface area (Å²) in [5.41, 5.74) is 2.37. The molecule has 0 aromatic carbocycles. The van der Waals surface area contributed by atoms with E-state index in [1.165, 1.54) is 12.8 Å². The van der Waals surface area contributed by atoms with Crippen LogP contribution in [0.5, 0.6) is 0 Å². The quantitative estimate of drug-likeness (QED) is 0.844. The summed E-state index contributed by atoms with van der Waals surface area (Å²) in [6.45, 7) is 8.47. The zero-order chi connectivity index (χ0) is 17.8.